The van der Waals surface area contributed by atoms with Gasteiger partial charge in [-0.3, -0.25) is 0 Å². The Hall–Kier alpha value is -1.40. The second-order valence-electron chi connectivity index (χ2n) is 3.92. The molecule has 94 valence electrons. The Balaban J connectivity index is 2.45. The molecule has 0 spiro atoms. The lowest BCUT2D eigenvalue weighted by Crippen LogP contribution is -2.05. The van der Waals surface area contributed by atoms with Crippen molar-refractivity contribution < 1.29 is 9.90 Å². The Kier molecular flexibility index (Phi) is 3.68. The molecule has 0 aliphatic rings. The summed E-state index contributed by atoms with van der Waals surface area (Å²) < 4.78 is 0.813. The molecule has 0 saturated heterocycles. The number of aryl methyl sites for hydroxylation is 3. The minimum absolute atomic E-state index is 0.262. The van der Waals surface area contributed by atoms with Crippen molar-refractivity contribution in [3.8, 4) is 0 Å². The molecule has 0 aliphatic carbocycles. The number of nitrogens with zero attached hydrogens (tertiary/aromatic N) is 2. The van der Waals surface area contributed by atoms with E-state index in [1.54, 1.807) is 13.0 Å². The Labute approximate surface area is 113 Å². The van der Waals surface area contributed by atoms with Crippen LogP contribution in [-0.4, -0.2) is 21.0 Å². The van der Waals surface area contributed by atoms with E-state index in [1.807, 2.05) is 19.2 Å². The fourth-order valence-corrected chi connectivity index (χ4v) is 3.59. The SMILES string of the molecule is Cc1csc(Sc2nc(C)cc(C)c2C(=O)O)n1. The third kappa shape index (κ3) is 2.70. The van der Waals surface area contributed by atoms with Gasteiger partial charge in [0.25, 0.3) is 0 Å². The van der Waals surface area contributed by atoms with Crippen LogP contribution in [-0.2, 0) is 0 Å². The highest BCUT2D eigenvalue weighted by molar-refractivity contribution is 8.01. The van der Waals surface area contributed by atoms with Gasteiger partial charge < -0.3 is 5.11 Å². The van der Waals surface area contributed by atoms with Crippen molar-refractivity contribution in [2.24, 2.45) is 0 Å². The number of rotatable bonds is 3. The zero-order valence-corrected chi connectivity index (χ0v) is 11.9. The summed E-state index contributed by atoms with van der Waals surface area (Å²) in [6.07, 6.45) is 0. The van der Waals surface area contributed by atoms with Gasteiger partial charge in [-0.05, 0) is 44.2 Å². The molecule has 2 heterocycles. The van der Waals surface area contributed by atoms with Crippen LogP contribution in [0.3, 0.4) is 0 Å². The zero-order chi connectivity index (χ0) is 13.3. The number of carboxylic acid groups (broad SMARTS) is 1. The maximum atomic E-state index is 11.3. The van der Waals surface area contributed by atoms with E-state index in [-0.39, 0.29) is 5.56 Å². The molecule has 0 aliphatic heterocycles. The lowest BCUT2D eigenvalue weighted by atomic mass is 10.1. The standard InChI is InChI=1S/C12H12N2O2S2/c1-6-4-7(2)13-10(9(6)11(15)16)18-12-14-8(3)5-17-12/h4-5H,1-3H3,(H,15,16). The third-order valence-electron chi connectivity index (χ3n) is 2.31. The van der Waals surface area contributed by atoms with Crippen LogP contribution >= 0.6 is 23.1 Å². The molecule has 2 aromatic rings. The summed E-state index contributed by atoms with van der Waals surface area (Å²) in [5.41, 5.74) is 2.74. The van der Waals surface area contributed by atoms with Gasteiger partial charge in [-0.25, -0.2) is 14.8 Å². The van der Waals surface area contributed by atoms with Crippen molar-refractivity contribution in [1.82, 2.24) is 9.97 Å². The number of aromatic nitrogens is 2. The maximum Gasteiger partial charge on any atom is 0.338 e. The highest BCUT2D eigenvalue weighted by atomic mass is 32.2. The number of hydrogen-bond acceptors (Lipinski definition) is 5. The molecule has 0 aromatic carbocycles. The summed E-state index contributed by atoms with van der Waals surface area (Å²) in [5.74, 6) is -0.948. The lowest BCUT2D eigenvalue weighted by molar-refractivity contribution is 0.0691. The van der Waals surface area contributed by atoms with Crippen molar-refractivity contribution in [3.05, 3.63) is 34.0 Å². The molecular weight excluding hydrogens is 268 g/mol. The van der Waals surface area contributed by atoms with Crippen molar-refractivity contribution in [1.29, 1.82) is 0 Å². The molecule has 0 saturated carbocycles. The van der Waals surface area contributed by atoms with E-state index in [0.717, 1.165) is 21.3 Å². The minimum Gasteiger partial charge on any atom is -0.478 e. The van der Waals surface area contributed by atoms with E-state index < -0.39 is 5.97 Å². The Bertz CT molecular complexity index is 608. The number of pyridine rings is 1. The van der Waals surface area contributed by atoms with Crippen LogP contribution in [0, 0.1) is 20.8 Å². The number of hydrogen-bond donors (Lipinski definition) is 1. The van der Waals surface area contributed by atoms with Gasteiger partial charge in [-0.15, -0.1) is 11.3 Å². The predicted octanol–water partition coefficient (Wildman–Crippen LogP) is 3.31. The van der Waals surface area contributed by atoms with Crippen LogP contribution in [0.25, 0.3) is 0 Å². The van der Waals surface area contributed by atoms with Crippen LogP contribution in [0.1, 0.15) is 27.3 Å². The molecule has 0 fully saturated rings. The summed E-state index contributed by atoms with van der Waals surface area (Å²) in [5, 5.41) is 11.7. The molecule has 0 bridgehead atoms. The summed E-state index contributed by atoms with van der Waals surface area (Å²) >= 11 is 2.80. The first kappa shape index (κ1) is 13.0. The first-order valence-corrected chi connectivity index (χ1v) is 6.98. The number of thiazole rings is 1. The van der Waals surface area contributed by atoms with E-state index in [1.165, 1.54) is 23.1 Å². The van der Waals surface area contributed by atoms with Gasteiger partial charge in [0.15, 0.2) is 4.34 Å². The maximum absolute atomic E-state index is 11.3. The Morgan fingerprint density at radius 2 is 2.00 bits per heavy atom. The van der Waals surface area contributed by atoms with Crippen molar-refractivity contribution in [2.45, 2.75) is 30.1 Å². The highest BCUT2D eigenvalue weighted by Crippen LogP contribution is 2.32. The quantitative estimate of drug-likeness (QED) is 0.934. The third-order valence-corrected chi connectivity index (χ3v) is 4.35. The van der Waals surface area contributed by atoms with E-state index in [9.17, 15) is 9.90 Å². The number of carbonyl (C=O) groups is 1. The van der Waals surface area contributed by atoms with E-state index in [4.69, 9.17) is 0 Å². The highest BCUT2D eigenvalue weighted by Gasteiger charge is 2.17. The van der Waals surface area contributed by atoms with Crippen molar-refractivity contribution in [2.75, 3.05) is 0 Å². The van der Waals surface area contributed by atoms with Gasteiger partial charge in [-0.1, -0.05) is 0 Å². The zero-order valence-electron chi connectivity index (χ0n) is 10.2. The smallest absolute Gasteiger partial charge is 0.338 e. The molecule has 0 amide bonds. The molecule has 1 N–H and O–H groups in total. The Morgan fingerprint density at radius 3 is 2.56 bits per heavy atom. The van der Waals surface area contributed by atoms with Gasteiger partial charge in [0.2, 0.25) is 0 Å². The van der Waals surface area contributed by atoms with E-state index in [0.29, 0.717) is 5.03 Å². The molecule has 2 rings (SSSR count). The van der Waals surface area contributed by atoms with Crippen LogP contribution in [0.5, 0.6) is 0 Å². The average molecular weight is 280 g/mol. The predicted molar refractivity (Wildman–Crippen MR) is 71.6 cm³/mol. The lowest BCUT2D eigenvalue weighted by Gasteiger charge is -2.07. The summed E-state index contributed by atoms with van der Waals surface area (Å²) in [6.45, 7) is 5.55. The van der Waals surface area contributed by atoms with Gasteiger partial charge in [-0.2, -0.15) is 0 Å². The van der Waals surface area contributed by atoms with Gasteiger partial charge in [0.1, 0.15) is 5.03 Å². The molecule has 18 heavy (non-hydrogen) atoms. The molecule has 2 aromatic heterocycles. The second-order valence-corrected chi connectivity index (χ2v) is 6.02. The fraction of sp³-hybridized carbons (Fsp3) is 0.250. The van der Waals surface area contributed by atoms with Crippen LogP contribution in [0.15, 0.2) is 20.8 Å². The van der Waals surface area contributed by atoms with Crippen LogP contribution in [0.4, 0.5) is 0 Å². The van der Waals surface area contributed by atoms with Gasteiger partial charge in [0.05, 0.1) is 5.56 Å². The molecule has 0 radical (unpaired) electrons. The topological polar surface area (TPSA) is 63.1 Å². The summed E-state index contributed by atoms with van der Waals surface area (Å²) in [7, 11) is 0. The minimum atomic E-state index is -0.948. The molecule has 4 nitrogen and oxygen atoms in total. The normalized spacial score (nSPS) is 10.6. The van der Waals surface area contributed by atoms with Gasteiger partial charge in [0, 0.05) is 16.8 Å². The van der Waals surface area contributed by atoms with Gasteiger partial charge >= 0.3 is 5.97 Å². The number of aromatic carboxylic acids is 1. The average Bonchev–Trinajstić information content (AvgIpc) is 2.62. The molecule has 0 unspecified atom stereocenters. The van der Waals surface area contributed by atoms with Crippen LogP contribution in [0.2, 0.25) is 0 Å². The van der Waals surface area contributed by atoms with E-state index >= 15 is 0 Å². The first-order valence-electron chi connectivity index (χ1n) is 5.29. The van der Waals surface area contributed by atoms with E-state index in [2.05, 4.69) is 9.97 Å². The molecule has 0 atom stereocenters. The van der Waals surface area contributed by atoms with Crippen molar-refractivity contribution in [3.63, 3.8) is 0 Å². The second kappa shape index (κ2) is 5.07. The molecular formula is C12H12N2O2S2. The summed E-state index contributed by atoms with van der Waals surface area (Å²) in [4.78, 5) is 19.9. The van der Waals surface area contributed by atoms with Crippen molar-refractivity contribution >= 4 is 29.1 Å². The molecule has 6 heteroatoms. The number of carboxylic acids is 1. The fourth-order valence-electron chi connectivity index (χ4n) is 1.60. The largest absolute Gasteiger partial charge is 0.478 e. The Morgan fingerprint density at radius 1 is 1.28 bits per heavy atom. The summed E-state index contributed by atoms with van der Waals surface area (Å²) in [6, 6.07) is 1.78. The first-order chi connectivity index (χ1) is 8.47. The monoisotopic (exact) mass is 280 g/mol. The van der Waals surface area contributed by atoms with Crippen LogP contribution < -0.4 is 0 Å².